The van der Waals surface area contributed by atoms with Crippen molar-refractivity contribution in [2.45, 2.75) is 12.8 Å². The van der Waals surface area contributed by atoms with Crippen LogP contribution in [0.3, 0.4) is 0 Å². The molecule has 1 aliphatic heterocycles. The number of piperidine rings is 1. The average Bonchev–Trinajstić information content (AvgIpc) is 2.31. The van der Waals surface area contributed by atoms with Crippen LogP contribution in [0.25, 0.3) is 6.08 Å². The number of carbonyl (C=O) groups is 1. The maximum atomic E-state index is 10.8. The van der Waals surface area contributed by atoms with Crippen LogP contribution in [0.1, 0.15) is 28.8 Å². The fraction of sp³-hybridized carbons (Fsp3) is 0.308. The Morgan fingerprint density at radius 3 is 2.40 bits per heavy atom. The molecule has 0 atom stereocenters. The smallest absolute Gasteiger partial charge is 0.150 e. The van der Waals surface area contributed by atoms with Crippen molar-refractivity contribution < 1.29 is 4.79 Å². The Morgan fingerprint density at radius 1 is 1.07 bits per heavy atom. The molecule has 2 rings (SSSR count). The van der Waals surface area contributed by atoms with Gasteiger partial charge in [0.25, 0.3) is 0 Å². The van der Waals surface area contributed by atoms with E-state index in [1.54, 1.807) is 0 Å². The lowest BCUT2D eigenvalue weighted by atomic mass is 10.00. The Kier molecular flexibility index (Phi) is 3.30. The highest BCUT2D eigenvalue weighted by Gasteiger charge is 2.05. The summed E-state index contributed by atoms with van der Waals surface area (Å²) in [6.07, 6.45) is 5.26. The lowest BCUT2D eigenvalue weighted by Crippen LogP contribution is -2.22. The minimum atomic E-state index is 0.781. The summed E-state index contributed by atoms with van der Waals surface area (Å²) < 4.78 is 0. The fourth-order valence-electron chi connectivity index (χ4n) is 1.86. The number of nitrogens with one attached hydrogen (secondary N) is 1. The predicted octanol–water partition coefficient (Wildman–Crippen LogP) is 2.27. The van der Waals surface area contributed by atoms with Gasteiger partial charge in [-0.15, -0.1) is 0 Å². The van der Waals surface area contributed by atoms with Gasteiger partial charge in [0.05, 0.1) is 0 Å². The first-order chi connectivity index (χ1) is 7.40. The molecule has 0 radical (unpaired) electrons. The van der Waals surface area contributed by atoms with Gasteiger partial charge in [0.15, 0.2) is 6.29 Å². The summed E-state index contributed by atoms with van der Waals surface area (Å²) in [4.78, 5) is 10.8. The quantitative estimate of drug-likeness (QED) is 0.744. The average molecular weight is 201 g/mol. The number of hydrogen-bond acceptors (Lipinski definition) is 2. The van der Waals surface area contributed by atoms with E-state index in [2.05, 4.69) is 11.4 Å². The van der Waals surface area contributed by atoms with Crippen LogP contribution >= 0.6 is 0 Å². The van der Waals surface area contributed by atoms with E-state index < -0.39 is 0 Å². The van der Waals surface area contributed by atoms with E-state index in [4.69, 9.17) is 0 Å². The van der Waals surface area contributed by atoms with Crippen LogP contribution < -0.4 is 5.32 Å². The van der Waals surface area contributed by atoms with E-state index in [1.165, 1.54) is 5.57 Å². The highest BCUT2D eigenvalue weighted by molar-refractivity contribution is 5.82. The lowest BCUT2D eigenvalue weighted by molar-refractivity contribution is 0.112. The topological polar surface area (TPSA) is 29.1 Å². The molecule has 0 unspecified atom stereocenters. The zero-order valence-corrected chi connectivity index (χ0v) is 8.70. The molecule has 1 heterocycles. The molecule has 15 heavy (non-hydrogen) atoms. The van der Waals surface area contributed by atoms with Crippen LogP contribution in [0.4, 0.5) is 0 Å². The van der Waals surface area contributed by atoms with E-state index in [0.29, 0.717) is 0 Å². The van der Waals surface area contributed by atoms with Gasteiger partial charge < -0.3 is 5.32 Å². The fourth-order valence-corrected chi connectivity index (χ4v) is 1.86. The molecule has 1 aromatic rings. The molecule has 1 aromatic carbocycles. The summed E-state index contributed by atoms with van der Waals surface area (Å²) in [6.45, 7) is 2.10. The molecular formula is C13H15NO. The van der Waals surface area contributed by atoms with Gasteiger partial charge in [0.1, 0.15) is 0 Å². The maximum absolute atomic E-state index is 10.8. The van der Waals surface area contributed by atoms with Crippen molar-refractivity contribution in [3.05, 3.63) is 41.0 Å². The summed E-state index contributed by atoms with van der Waals surface area (Å²) in [7, 11) is 0. The third-order valence-corrected chi connectivity index (χ3v) is 2.73. The van der Waals surface area contributed by atoms with E-state index >= 15 is 0 Å². The van der Waals surface area contributed by atoms with Crippen molar-refractivity contribution in [1.82, 2.24) is 5.32 Å². The molecule has 2 nitrogen and oxygen atoms in total. The van der Waals surface area contributed by atoms with Gasteiger partial charge in [-0.3, -0.25) is 4.79 Å². The molecule has 78 valence electrons. The Morgan fingerprint density at radius 2 is 1.73 bits per heavy atom. The molecule has 0 aromatic heterocycles. The van der Waals surface area contributed by atoms with Gasteiger partial charge in [-0.2, -0.15) is 0 Å². The third kappa shape index (κ3) is 2.54. The molecule has 1 N–H and O–H groups in total. The highest BCUT2D eigenvalue weighted by Crippen LogP contribution is 2.17. The maximum Gasteiger partial charge on any atom is 0.150 e. The van der Waals surface area contributed by atoms with Gasteiger partial charge in [-0.05, 0) is 31.5 Å². The van der Waals surface area contributed by atoms with Gasteiger partial charge in [0, 0.05) is 5.56 Å². The van der Waals surface area contributed by atoms with Crippen LogP contribution in [0, 0.1) is 0 Å². The Hall–Kier alpha value is -1.41. The second kappa shape index (κ2) is 4.89. The standard InChI is InChI=1S/C13H15NO/c15-10-13-4-2-1-3-12(13)9-11-5-7-14-8-6-11/h1-4,9-10,14H,5-8H2. The highest BCUT2D eigenvalue weighted by atomic mass is 16.1. The first kappa shape index (κ1) is 10.1. The van der Waals surface area contributed by atoms with E-state index in [9.17, 15) is 4.79 Å². The minimum Gasteiger partial charge on any atom is -0.316 e. The van der Waals surface area contributed by atoms with Crippen molar-refractivity contribution >= 4 is 12.4 Å². The van der Waals surface area contributed by atoms with Crippen LogP contribution in [0.5, 0.6) is 0 Å². The monoisotopic (exact) mass is 201 g/mol. The normalized spacial score (nSPS) is 16.1. The van der Waals surface area contributed by atoms with Crippen LogP contribution in [0.2, 0.25) is 0 Å². The lowest BCUT2D eigenvalue weighted by Gasteiger charge is -2.15. The third-order valence-electron chi connectivity index (χ3n) is 2.73. The van der Waals surface area contributed by atoms with Crippen molar-refractivity contribution in [2.75, 3.05) is 13.1 Å². The first-order valence-corrected chi connectivity index (χ1v) is 5.34. The molecule has 0 bridgehead atoms. The summed E-state index contributed by atoms with van der Waals surface area (Å²) in [5.41, 5.74) is 3.26. The van der Waals surface area contributed by atoms with Gasteiger partial charge in [0.2, 0.25) is 0 Å². The molecule has 1 aliphatic rings. The van der Waals surface area contributed by atoms with Crippen LogP contribution in [0.15, 0.2) is 29.8 Å². The first-order valence-electron chi connectivity index (χ1n) is 5.34. The van der Waals surface area contributed by atoms with Crippen molar-refractivity contribution in [3.8, 4) is 0 Å². The zero-order chi connectivity index (χ0) is 10.5. The number of aldehydes is 1. The van der Waals surface area contributed by atoms with Crippen LogP contribution in [-0.4, -0.2) is 19.4 Å². The molecule has 1 saturated heterocycles. The predicted molar refractivity (Wildman–Crippen MR) is 61.9 cm³/mol. The van der Waals surface area contributed by atoms with E-state index in [-0.39, 0.29) is 0 Å². The van der Waals surface area contributed by atoms with Gasteiger partial charge in [-0.1, -0.05) is 35.9 Å². The van der Waals surface area contributed by atoms with E-state index in [1.807, 2.05) is 24.3 Å². The number of carbonyl (C=O) groups excluding carboxylic acids is 1. The van der Waals surface area contributed by atoms with Crippen LogP contribution in [-0.2, 0) is 0 Å². The second-order valence-electron chi connectivity index (χ2n) is 3.80. The van der Waals surface area contributed by atoms with Crippen molar-refractivity contribution in [2.24, 2.45) is 0 Å². The minimum absolute atomic E-state index is 0.781. The SMILES string of the molecule is O=Cc1ccccc1C=C1CCNCC1. The summed E-state index contributed by atoms with van der Waals surface area (Å²) in [5, 5.41) is 3.32. The Labute approximate surface area is 90.0 Å². The number of benzene rings is 1. The van der Waals surface area contributed by atoms with Gasteiger partial charge >= 0.3 is 0 Å². The van der Waals surface area contributed by atoms with E-state index in [0.717, 1.165) is 43.3 Å². The molecule has 0 spiro atoms. The molecule has 2 heteroatoms. The zero-order valence-electron chi connectivity index (χ0n) is 8.70. The Balaban J connectivity index is 2.25. The second-order valence-corrected chi connectivity index (χ2v) is 3.80. The molecule has 0 aliphatic carbocycles. The number of rotatable bonds is 2. The summed E-state index contributed by atoms with van der Waals surface area (Å²) in [6, 6.07) is 7.73. The largest absolute Gasteiger partial charge is 0.316 e. The van der Waals surface area contributed by atoms with Gasteiger partial charge in [-0.25, -0.2) is 0 Å². The Bertz CT molecular complexity index is 374. The summed E-state index contributed by atoms with van der Waals surface area (Å²) >= 11 is 0. The van der Waals surface area contributed by atoms with Crippen molar-refractivity contribution in [3.63, 3.8) is 0 Å². The molecule has 0 amide bonds. The molecular weight excluding hydrogens is 186 g/mol. The molecule has 0 saturated carbocycles. The summed E-state index contributed by atoms with van der Waals surface area (Å²) in [5.74, 6) is 0. The molecule has 1 fully saturated rings. The number of hydrogen-bond donors (Lipinski definition) is 1. The van der Waals surface area contributed by atoms with Crippen molar-refractivity contribution in [1.29, 1.82) is 0 Å².